The summed E-state index contributed by atoms with van der Waals surface area (Å²) in [5.41, 5.74) is 5.70. The summed E-state index contributed by atoms with van der Waals surface area (Å²) in [6.45, 7) is 1.79. The summed E-state index contributed by atoms with van der Waals surface area (Å²) >= 11 is -2.43. The number of aliphatic carboxylic acids is 1. The third-order valence-corrected chi connectivity index (χ3v) is 14.5. The number of aliphatic hydroxyl groups excluding tert-OH is 2. The molecule has 28 nitrogen and oxygen atoms in total. The third kappa shape index (κ3) is 16.1. The number of alkyl carbamates (subject to hydrolysis) is 1. The van der Waals surface area contributed by atoms with Crippen LogP contribution in [0.3, 0.4) is 0 Å². The highest BCUT2D eigenvalue weighted by molar-refractivity contribution is 7.91. The van der Waals surface area contributed by atoms with Gasteiger partial charge in [0, 0.05) is 66.5 Å². The number of aromatic hydroxyl groups is 1. The molecule has 0 aliphatic carbocycles. The van der Waals surface area contributed by atoms with Crippen molar-refractivity contribution in [2.75, 3.05) is 38.5 Å². The fourth-order valence-electron chi connectivity index (χ4n) is 8.67. The van der Waals surface area contributed by atoms with Crippen LogP contribution in [0.25, 0.3) is 10.9 Å². The molecule has 10 amide bonds. The summed E-state index contributed by atoms with van der Waals surface area (Å²) in [5.74, 6) is -13.6. The number of hydrogen-bond acceptors (Lipinski definition) is 16. The number of aromatic amines is 1. The van der Waals surface area contributed by atoms with Crippen LogP contribution in [0.5, 0.6) is 5.75 Å². The van der Waals surface area contributed by atoms with Crippen LogP contribution in [0.1, 0.15) is 71.3 Å². The molecule has 3 aliphatic rings. The first-order chi connectivity index (χ1) is 35.5. The summed E-state index contributed by atoms with van der Waals surface area (Å²) in [7, 11) is 0. The van der Waals surface area contributed by atoms with Crippen LogP contribution in [0, 0.1) is 11.8 Å². The molecule has 412 valence electrons. The Bertz CT molecular complexity index is 2490. The smallest absolute Gasteiger partial charge is 0.407 e. The van der Waals surface area contributed by atoms with Crippen molar-refractivity contribution >= 4 is 87.3 Å². The van der Waals surface area contributed by atoms with Crippen molar-refractivity contribution in [3.05, 3.63) is 23.8 Å². The van der Waals surface area contributed by atoms with Gasteiger partial charge in [0.15, 0.2) is 6.04 Å². The minimum atomic E-state index is -2.43. The van der Waals surface area contributed by atoms with Crippen LogP contribution < -0.4 is 48.3 Å². The van der Waals surface area contributed by atoms with Crippen molar-refractivity contribution in [1.82, 2.24) is 52.4 Å². The Labute approximate surface area is 432 Å². The fourth-order valence-corrected chi connectivity index (χ4v) is 10.1. The number of aliphatic hydroxyl groups is 2. The molecular weight excluding hydrogens is 1010 g/mol. The number of phenols is 1. The molecule has 0 saturated carbocycles. The predicted octanol–water partition coefficient (Wildman–Crippen LogP) is -4.54. The highest BCUT2D eigenvalue weighted by atomic mass is 32.2. The van der Waals surface area contributed by atoms with Gasteiger partial charge in [-0.3, -0.25) is 47.9 Å². The number of carboxylic acid groups (broad SMARTS) is 1. The zero-order valence-corrected chi connectivity index (χ0v) is 42.3. The number of amides is 10. The number of hydrogen-bond donors (Lipinski definition) is 14. The van der Waals surface area contributed by atoms with Crippen LogP contribution in [0.4, 0.5) is 4.79 Å². The summed E-state index contributed by atoms with van der Waals surface area (Å²) in [6, 6.07) is -6.44. The Balaban J connectivity index is 1.64. The number of nitrogens with one attached hydrogen (secondary N) is 9. The maximum Gasteiger partial charge on any atom is 0.407 e. The SMILES string of the molecule is CC[C@H](C)[C@@H]1NC(=O)CNC(=O)[C@H]2Cc3c([nH]c4cc(O)ccc34)[S@+]([O-])CC(NC(=O)CNC1=O)C(=O)N[C@@H](CC(N)=O)C(=O)N1CC(O)C[C@H]1C(=O)N[C@@H]([C@@H](C)[C@@H](O)COC(=O)NCCCCCC(=O)O)C(=O)N2. The van der Waals surface area contributed by atoms with Gasteiger partial charge in [-0.2, -0.15) is 0 Å². The lowest BCUT2D eigenvalue weighted by Crippen LogP contribution is -2.62. The summed E-state index contributed by atoms with van der Waals surface area (Å²) in [4.78, 5) is 153. The van der Waals surface area contributed by atoms with E-state index in [9.17, 15) is 72.6 Å². The number of carbonyl (C=O) groups excluding carboxylic acids is 10. The summed E-state index contributed by atoms with van der Waals surface area (Å²) < 4.78 is 19.9. The average Bonchev–Trinajstić information content (AvgIpc) is 3.93. The van der Waals surface area contributed by atoms with E-state index in [0.717, 1.165) is 4.90 Å². The topological polar surface area (TPSA) is 442 Å². The standard InChI is InChI=1S/C46H65N11O17S/c1-4-21(2)37-42(69)50-16-34(62)51-30-20-75(73)44-26(25-10-9-23(58)12-27(25)54-44)14-28(39(66)49-17-35(63)55-37)52-43(70)38(22(3)32(60)19-74-46(72)48-11-7-5-6-8-36(64)65)56-41(68)31-13-24(59)18-57(31)45(71)29(15-33(47)61)53-40(30)67/h9-10,12,21-22,24,28-32,37-38,54,58-60H,4-8,11,13-20H2,1-3H3,(H2,47,61)(H,48,72)(H,49,66)(H,50,69)(H,51,62)(H,52,70)(H,53,67)(H,55,63)(H,56,68)(H,64,65)/t21-,22-,24?,28+,29-,30?,31-,32-,37-,38-,75+/m0/s1. The Kier molecular flexibility index (Phi) is 21.0. The molecule has 1 aromatic heterocycles. The van der Waals surface area contributed by atoms with Gasteiger partial charge in [-0.1, -0.05) is 33.6 Å². The lowest BCUT2D eigenvalue weighted by molar-refractivity contribution is -0.144. The molecule has 29 heteroatoms. The van der Waals surface area contributed by atoms with Gasteiger partial charge < -0.3 is 87.9 Å². The van der Waals surface area contributed by atoms with Crippen LogP contribution in [-0.2, 0) is 70.3 Å². The molecule has 0 spiro atoms. The van der Waals surface area contributed by atoms with Gasteiger partial charge in [0.1, 0.15) is 48.3 Å². The van der Waals surface area contributed by atoms with Gasteiger partial charge in [0.05, 0.1) is 37.2 Å². The van der Waals surface area contributed by atoms with E-state index in [1.807, 2.05) is 0 Å². The van der Waals surface area contributed by atoms with Crippen molar-refractivity contribution in [3.8, 4) is 5.75 Å². The van der Waals surface area contributed by atoms with Crippen LogP contribution in [-0.4, -0.2) is 187 Å². The van der Waals surface area contributed by atoms with E-state index in [0.29, 0.717) is 25.7 Å². The first-order valence-corrected chi connectivity index (χ1v) is 25.6. The van der Waals surface area contributed by atoms with Crippen LogP contribution in [0.15, 0.2) is 23.2 Å². The molecule has 3 aliphatic heterocycles. The fraction of sp³-hybridized carbons (Fsp3) is 0.587. The van der Waals surface area contributed by atoms with Gasteiger partial charge in [0.25, 0.3) is 0 Å². The van der Waals surface area contributed by atoms with Crippen molar-refractivity contribution in [2.45, 2.75) is 126 Å². The van der Waals surface area contributed by atoms with E-state index in [-0.39, 0.29) is 40.2 Å². The number of rotatable bonds is 14. The zero-order chi connectivity index (χ0) is 55.3. The first-order valence-electron chi connectivity index (χ1n) is 24.3. The van der Waals surface area contributed by atoms with E-state index in [1.54, 1.807) is 13.8 Å². The normalized spacial score (nSPS) is 25.9. The lowest BCUT2D eigenvalue weighted by Gasteiger charge is -2.33. The van der Waals surface area contributed by atoms with Gasteiger partial charge in [0.2, 0.25) is 58.2 Å². The molecule has 5 rings (SSSR count). The number of nitrogens with zero attached hydrogens (tertiary/aromatic N) is 1. The van der Waals surface area contributed by atoms with Crippen molar-refractivity contribution in [3.63, 3.8) is 0 Å². The van der Waals surface area contributed by atoms with Crippen LogP contribution in [0.2, 0.25) is 0 Å². The van der Waals surface area contributed by atoms with Crippen LogP contribution >= 0.6 is 0 Å². The molecule has 15 N–H and O–H groups in total. The molecule has 11 atom stereocenters. The number of H-pyrrole nitrogens is 1. The molecule has 4 heterocycles. The largest absolute Gasteiger partial charge is 0.610 e. The van der Waals surface area contributed by atoms with Gasteiger partial charge in [-0.05, 0) is 30.9 Å². The third-order valence-electron chi connectivity index (χ3n) is 13.1. The lowest BCUT2D eigenvalue weighted by atomic mass is 9.93. The number of benzene rings is 1. The maximum atomic E-state index is 14.8. The molecular formula is C46H65N11O17S. The molecule has 0 radical (unpaired) electrons. The Hall–Kier alpha value is -7.24. The number of primary amides is 1. The highest BCUT2D eigenvalue weighted by Gasteiger charge is 2.45. The zero-order valence-electron chi connectivity index (χ0n) is 41.4. The molecule has 2 aromatic rings. The second-order valence-corrected chi connectivity index (χ2v) is 20.1. The first kappa shape index (κ1) is 58.6. The number of ether oxygens (including phenoxy) is 1. The highest BCUT2D eigenvalue weighted by Crippen LogP contribution is 2.31. The van der Waals surface area contributed by atoms with E-state index >= 15 is 0 Å². The van der Waals surface area contributed by atoms with Gasteiger partial charge >= 0.3 is 12.1 Å². The molecule has 1 saturated heterocycles. The quantitative estimate of drug-likeness (QED) is 0.0626. The maximum absolute atomic E-state index is 14.8. The molecule has 2 unspecified atom stereocenters. The van der Waals surface area contributed by atoms with E-state index < -0.39 is 188 Å². The molecule has 2 bridgehead atoms. The number of phenolic OH excluding ortho intramolecular Hbond substituents is 1. The molecule has 1 fully saturated rings. The number of carboxylic acids is 1. The number of unbranched alkanes of at least 4 members (excludes halogenated alkanes) is 2. The average molecular weight is 1080 g/mol. The number of carbonyl (C=O) groups is 11. The van der Waals surface area contributed by atoms with E-state index in [4.69, 9.17) is 15.6 Å². The summed E-state index contributed by atoms with van der Waals surface area (Å²) in [6.07, 6.45) is -4.60. The van der Waals surface area contributed by atoms with Crippen molar-refractivity contribution in [1.29, 1.82) is 0 Å². The van der Waals surface area contributed by atoms with Gasteiger partial charge in [-0.15, -0.1) is 0 Å². The minimum absolute atomic E-state index is 0.0392. The van der Waals surface area contributed by atoms with Gasteiger partial charge in [-0.25, -0.2) is 4.79 Å². The Morgan fingerprint density at radius 1 is 0.880 bits per heavy atom. The minimum Gasteiger partial charge on any atom is -0.610 e. The Morgan fingerprint density at radius 3 is 2.25 bits per heavy atom. The van der Waals surface area contributed by atoms with Crippen molar-refractivity contribution < 1.29 is 82.5 Å². The van der Waals surface area contributed by atoms with Crippen molar-refractivity contribution in [2.24, 2.45) is 17.6 Å². The molecule has 75 heavy (non-hydrogen) atoms. The number of aromatic nitrogens is 1. The predicted molar refractivity (Wildman–Crippen MR) is 261 cm³/mol. The monoisotopic (exact) mass is 1080 g/mol. The number of nitrogens with two attached hydrogens (primary N) is 1. The second kappa shape index (κ2) is 26.8. The summed E-state index contributed by atoms with van der Waals surface area (Å²) in [5, 5.41) is 61.2. The number of fused-ring (bicyclic) bond motifs is 5. The van der Waals surface area contributed by atoms with E-state index in [1.165, 1.54) is 25.1 Å². The van der Waals surface area contributed by atoms with E-state index in [2.05, 4.69) is 47.5 Å². The molecule has 1 aromatic carbocycles. The Morgan fingerprint density at radius 2 is 1.57 bits per heavy atom. The second-order valence-electron chi connectivity index (χ2n) is 18.7.